The van der Waals surface area contributed by atoms with E-state index in [1.165, 1.54) is 12.1 Å². The number of nitrogens with zero attached hydrogens (tertiary/aromatic N) is 4. The monoisotopic (exact) mass is 469 g/mol. The molecule has 3 atom stereocenters. The Balaban J connectivity index is 1.58. The number of aromatic nitrogens is 3. The fraction of sp³-hybridized carbons (Fsp3) is 0.429. The first-order valence-electron chi connectivity index (χ1n) is 10.4. The second kappa shape index (κ2) is 8.10. The summed E-state index contributed by atoms with van der Waals surface area (Å²) in [6, 6.07) is 5.25. The molecule has 3 aromatic rings. The smallest absolute Gasteiger partial charge is 0.491 e. The molecule has 7 nitrogen and oxygen atoms in total. The quantitative estimate of drug-likeness (QED) is 0.589. The zero-order valence-corrected chi connectivity index (χ0v) is 17.4. The molecule has 1 aromatic heterocycles. The summed E-state index contributed by atoms with van der Waals surface area (Å²) >= 11 is 0. The fourth-order valence-electron chi connectivity index (χ4n) is 4.38. The van der Waals surface area contributed by atoms with Gasteiger partial charge in [-0.3, -0.25) is 4.90 Å². The maximum Gasteiger partial charge on any atom is 0.521 e. The minimum Gasteiger partial charge on any atom is -0.491 e. The van der Waals surface area contributed by atoms with Crippen LogP contribution in [0.25, 0.3) is 11.0 Å². The third-order valence-electron chi connectivity index (χ3n) is 5.84. The summed E-state index contributed by atoms with van der Waals surface area (Å²) in [7, 11) is 0. The van der Waals surface area contributed by atoms with Gasteiger partial charge in [0, 0.05) is 30.8 Å². The summed E-state index contributed by atoms with van der Waals surface area (Å²) < 4.78 is 79.0. The summed E-state index contributed by atoms with van der Waals surface area (Å²) in [6.45, 7) is 3.86. The predicted molar refractivity (Wildman–Crippen MR) is 108 cm³/mol. The van der Waals surface area contributed by atoms with Crippen LogP contribution in [-0.2, 0) is 11.0 Å². The van der Waals surface area contributed by atoms with Gasteiger partial charge in [-0.15, -0.1) is 23.4 Å². The molecule has 33 heavy (non-hydrogen) atoms. The molecule has 0 spiro atoms. The lowest BCUT2D eigenvalue weighted by Crippen LogP contribution is -2.54. The zero-order chi connectivity index (χ0) is 23.3. The van der Waals surface area contributed by atoms with Crippen LogP contribution in [0.15, 0.2) is 30.3 Å². The SMILES string of the molecule is C[C@@H]1CN([C@H]2COc3cc(F)ccc3[C@@H]2Nc2cc(F)cc3nn(C(F)(F)F)nc23)CCO1. The van der Waals surface area contributed by atoms with Gasteiger partial charge >= 0.3 is 6.30 Å². The van der Waals surface area contributed by atoms with Gasteiger partial charge in [0.05, 0.1) is 30.5 Å². The van der Waals surface area contributed by atoms with Crippen molar-refractivity contribution in [3.8, 4) is 5.75 Å². The summed E-state index contributed by atoms with van der Waals surface area (Å²) in [5.41, 5.74) is 0.289. The van der Waals surface area contributed by atoms with Gasteiger partial charge in [-0.2, -0.15) is 0 Å². The van der Waals surface area contributed by atoms with Crippen LogP contribution in [0, 0.1) is 11.6 Å². The lowest BCUT2D eigenvalue weighted by Gasteiger charge is -2.44. The molecule has 12 heteroatoms. The minimum atomic E-state index is -4.85. The molecule has 0 saturated carbocycles. The highest BCUT2D eigenvalue weighted by atomic mass is 19.4. The Labute approximate surface area is 185 Å². The second-order valence-electron chi connectivity index (χ2n) is 8.14. The number of hydrogen-bond donors (Lipinski definition) is 1. The lowest BCUT2D eigenvalue weighted by molar-refractivity contribution is -0.220. The summed E-state index contributed by atoms with van der Waals surface area (Å²) in [4.78, 5) is 1.75. The number of nitrogens with one attached hydrogen (secondary N) is 1. The average Bonchev–Trinajstić information content (AvgIpc) is 3.18. The average molecular weight is 469 g/mol. The molecule has 1 N–H and O–H groups in total. The number of alkyl halides is 3. The third kappa shape index (κ3) is 4.20. The Morgan fingerprint density at radius 2 is 1.91 bits per heavy atom. The maximum absolute atomic E-state index is 14.3. The highest BCUT2D eigenvalue weighted by Crippen LogP contribution is 2.39. The van der Waals surface area contributed by atoms with E-state index in [2.05, 4.69) is 20.4 Å². The van der Waals surface area contributed by atoms with Crippen LogP contribution in [0.1, 0.15) is 18.5 Å². The van der Waals surface area contributed by atoms with E-state index in [0.717, 1.165) is 12.1 Å². The van der Waals surface area contributed by atoms with Gasteiger partial charge in [-0.25, -0.2) is 8.78 Å². The fourth-order valence-corrected chi connectivity index (χ4v) is 4.38. The molecule has 0 amide bonds. The number of fused-ring (bicyclic) bond motifs is 2. The molecule has 0 radical (unpaired) electrons. The van der Waals surface area contributed by atoms with E-state index >= 15 is 0 Å². The van der Waals surface area contributed by atoms with Crippen LogP contribution >= 0.6 is 0 Å². The van der Waals surface area contributed by atoms with Crippen molar-refractivity contribution in [2.75, 3.05) is 31.6 Å². The number of benzene rings is 2. The van der Waals surface area contributed by atoms with Gasteiger partial charge in [-0.1, -0.05) is 10.9 Å². The second-order valence-corrected chi connectivity index (χ2v) is 8.14. The number of halogens is 5. The standard InChI is InChI=1S/C21H20F5N5O2/c1-11-9-30(4-5-32-11)17-10-33-18-8-12(22)2-3-14(18)19(17)27-15-6-13(23)7-16-20(15)29-31(28-16)21(24,25)26/h2-3,6-8,11,17,19,27H,4-5,9-10H2,1H3/t11-,17+,19+/m1/s1. The van der Waals surface area contributed by atoms with Crippen molar-refractivity contribution >= 4 is 16.7 Å². The van der Waals surface area contributed by atoms with Crippen molar-refractivity contribution in [1.82, 2.24) is 19.9 Å². The van der Waals surface area contributed by atoms with Crippen molar-refractivity contribution in [1.29, 1.82) is 0 Å². The Hall–Kier alpha value is -2.99. The first-order chi connectivity index (χ1) is 15.7. The molecule has 2 aliphatic rings. The van der Waals surface area contributed by atoms with E-state index < -0.39 is 28.8 Å². The van der Waals surface area contributed by atoms with Crippen LogP contribution in [0.5, 0.6) is 5.75 Å². The molecule has 0 aliphatic carbocycles. The number of anilines is 1. The van der Waals surface area contributed by atoms with Gasteiger partial charge in [-0.05, 0) is 19.1 Å². The number of hydrogen-bond acceptors (Lipinski definition) is 6. The molecule has 1 saturated heterocycles. The molecule has 0 unspecified atom stereocenters. The van der Waals surface area contributed by atoms with E-state index in [0.29, 0.717) is 31.0 Å². The van der Waals surface area contributed by atoms with Crippen LogP contribution in [0.3, 0.4) is 0 Å². The van der Waals surface area contributed by atoms with E-state index in [4.69, 9.17) is 9.47 Å². The van der Waals surface area contributed by atoms with Gasteiger partial charge in [0.25, 0.3) is 0 Å². The molecular weight excluding hydrogens is 449 g/mol. The van der Waals surface area contributed by atoms with Crippen LogP contribution < -0.4 is 10.1 Å². The van der Waals surface area contributed by atoms with Gasteiger partial charge in [0.1, 0.15) is 35.0 Å². The molecule has 0 bridgehead atoms. The van der Waals surface area contributed by atoms with Crippen molar-refractivity contribution in [2.24, 2.45) is 0 Å². The Morgan fingerprint density at radius 3 is 2.67 bits per heavy atom. The minimum absolute atomic E-state index is 0.0263. The Kier molecular flexibility index (Phi) is 5.36. The molecule has 2 aromatic carbocycles. The lowest BCUT2D eigenvalue weighted by atomic mass is 9.94. The molecule has 176 valence electrons. The molecule has 2 aliphatic heterocycles. The predicted octanol–water partition coefficient (Wildman–Crippen LogP) is 3.82. The van der Waals surface area contributed by atoms with Gasteiger partial charge in [0.15, 0.2) is 0 Å². The first-order valence-corrected chi connectivity index (χ1v) is 10.4. The van der Waals surface area contributed by atoms with Gasteiger partial charge in [0.2, 0.25) is 0 Å². The molecule has 1 fully saturated rings. The molecular formula is C21H20F5N5O2. The highest BCUT2D eigenvalue weighted by molar-refractivity contribution is 5.87. The summed E-state index contributed by atoms with van der Waals surface area (Å²) in [5, 5.41) is 10.1. The summed E-state index contributed by atoms with van der Waals surface area (Å²) in [6.07, 6.45) is -4.87. The Bertz CT molecular complexity index is 1180. The van der Waals surface area contributed by atoms with E-state index in [1.807, 2.05) is 6.92 Å². The zero-order valence-electron chi connectivity index (χ0n) is 17.4. The first kappa shape index (κ1) is 21.8. The summed E-state index contributed by atoms with van der Waals surface area (Å²) in [5.74, 6) is -0.925. The Morgan fingerprint density at radius 1 is 1.09 bits per heavy atom. The topological polar surface area (TPSA) is 64.4 Å². The van der Waals surface area contributed by atoms with E-state index in [-0.39, 0.29) is 35.5 Å². The normalized spacial score (nSPS) is 23.9. The number of morpholine rings is 1. The van der Waals surface area contributed by atoms with Gasteiger partial charge < -0.3 is 14.8 Å². The largest absolute Gasteiger partial charge is 0.521 e. The number of ether oxygens (including phenoxy) is 2. The van der Waals surface area contributed by atoms with Crippen molar-refractivity contribution < 1.29 is 31.4 Å². The number of rotatable bonds is 3. The van der Waals surface area contributed by atoms with Crippen molar-refractivity contribution in [3.63, 3.8) is 0 Å². The van der Waals surface area contributed by atoms with Crippen molar-refractivity contribution in [3.05, 3.63) is 47.5 Å². The van der Waals surface area contributed by atoms with E-state index in [9.17, 15) is 22.0 Å². The third-order valence-corrected chi connectivity index (χ3v) is 5.84. The highest BCUT2D eigenvalue weighted by Gasteiger charge is 2.38. The van der Waals surface area contributed by atoms with Crippen LogP contribution in [0.4, 0.5) is 27.6 Å². The molecule has 3 heterocycles. The van der Waals surface area contributed by atoms with Crippen molar-refractivity contribution in [2.45, 2.75) is 31.4 Å². The van der Waals surface area contributed by atoms with Crippen LogP contribution in [-0.4, -0.2) is 58.3 Å². The van der Waals surface area contributed by atoms with Crippen LogP contribution in [0.2, 0.25) is 0 Å². The molecule has 5 rings (SSSR count). The van der Waals surface area contributed by atoms with E-state index in [1.54, 1.807) is 6.07 Å². The maximum atomic E-state index is 14.3.